The number of hydrogen-bond acceptors (Lipinski definition) is 12. The molecule has 490 valence electrons. The van der Waals surface area contributed by atoms with E-state index >= 15 is 0 Å². The van der Waals surface area contributed by atoms with Crippen LogP contribution in [0, 0.1) is 6.92 Å². The van der Waals surface area contributed by atoms with Crippen LogP contribution in [-0.4, -0.2) is 69.8 Å². The molecule has 0 aliphatic rings. The van der Waals surface area contributed by atoms with Gasteiger partial charge in [0.15, 0.2) is 0 Å². The third-order valence-electron chi connectivity index (χ3n) is 12.9. The van der Waals surface area contributed by atoms with E-state index in [1.807, 2.05) is 78.9 Å². The van der Waals surface area contributed by atoms with Gasteiger partial charge in [0.05, 0.1) is 20.8 Å². The lowest BCUT2D eigenvalue weighted by atomic mass is 10.1. The number of aliphatic hydroxyl groups is 1. The zero-order chi connectivity index (χ0) is 68.5. The Morgan fingerprint density at radius 2 is 0.568 bits per heavy atom. The predicted octanol–water partition coefficient (Wildman–Crippen LogP) is 19.1. The summed E-state index contributed by atoms with van der Waals surface area (Å²) in [5.41, 5.74) is 10.9. The lowest BCUT2D eigenvalue weighted by molar-refractivity contribution is -0.0505. The smallest absolute Gasteiger partial charge is 0.387 e. The van der Waals surface area contributed by atoms with Gasteiger partial charge >= 0.3 is 19.8 Å². The maximum atomic E-state index is 12.0. The van der Waals surface area contributed by atoms with E-state index in [2.05, 4.69) is 57.6 Å². The molecule has 10 rings (SSSR count). The maximum Gasteiger partial charge on any atom is 0.387 e. The lowest BCUT2D eigenvalue weighted by Crippen LogP contribution is -2.01. The molecule has 0 saturated carbocycles. The van der Waals surface area contributed by atoms with Gasteiger partial charge in [0.1, 0.15) is 63.2 Å². The molecule has 0 atom stereocenters. The number of aliphatic hydroxyl groups excluding tert-OH is 1. The van der Waals surface area contributed by atoms with Crippen molar-refractivity contribution in [2.75, 3.05) is 14.2 Å². The quantitative estimate of drug-likeness (QED) is 0.0300. The van der Waals surface area contributed by atoms with E-state index in [1.54, 1.807) is 110 Å². The van der Waals surface area contributed by atoms with Crippen molar-refractivity contribution in [3.8, 4) is 63.2 Å². The second-order valence-electron chi connectivity index (χ2n) is 20.2. The maximum absolute atomic E-state index is 12.0. The van der Waals surface area contributed by atoms with Gasteiger partial charge in [0, 0.05) is 18.2 Å². The molecule has 0 spiro atoms. The fourth-order valence-electron chi connectivity index (χ4n) is 8.31. The van der Waals surface area contributed by atoms with E-state index in [1.165, 1.54) is 85.0 Å². The standard InChI is InChI=1S/C16H14F2O3.C16H16O.C15H12F2O3.C15H12F2O2.C15H14O3/c1-20-15-9-12(8-13(19)10-15)3-2-11-4-6-14(7-5-11)21-16(17)18;1-13-5-7-14(8-6-13)9-10-15-3-2-4-16(11-15)12-17;16-15(17)20-14-5-3-10(4-6-14)1-2-11-7-12(18)9-13(19)8-11;16-15(17)19-14-8-6-11(7-9-14)4-5-12-2-1-3-13(18)10-12;1-18-15-6-4-11(5-7-15)2-3-12-8-13(16)10-14(17)9-12/h2-10,16,19H,1H3;2-11,17H,12H2,1H3;1-9,15,18-19H;1-10,15,18H;2-10,16-17H,1H3/b3-2+;10-9+;2-1+;5-4+;3-2+. The molecule has 10 aromatic rings. The highest BCUT2D eigenvalue weighted by molar-refractivity contribution is 5.74. The number of halogens is 6. The number of phenols is 6. The van der Waals surface area contributed by atoms with E-state index in [0.717, 1.165) is 55.8 Å². The summed E-state index contributed by atoms with van der Waals surface area (Å²) in [6.45, 7) is -6.31. The van der Waals surface area contributed by atoms with Crippen LogP contribution in [0.15, 0.2) is 224 Å². The van der Waals surface area contributed by atoms with Gasteiger partial charge < -0.3 is 59.4 Å². The second-order valence-corrected chi connectivity index (χ2v) is 20.2. The number of benzene rings is 10. The van der Waals surface area contributed by atoms with Crippen LogP contribution in [0.25, 0.3) is 60.8 Å². The molecule has 12 nitrogen and oxygen atoms in total. The van der Waals surface area contributed by atoms with Gasteiger partial charge in [0.2, 0.25) is 0 Å². The van der Waals surface area contributed by atoms with E-state index < -0.39 is 19.8 Å². The van der Waals surface area contributed by atoms with Gasteiger partial charge in [-0.05, 0) is 171 Å². The minimum absolute atomic E-state index is 0.0367. The fourth-order valence-corrected chi connectivity index (χ4v) is 8.31. The monoisotopic (exact) mass is 1300 g/mol. The number of alkyl halides is 6. The van der Waals surface area contributed by atoms with Crippen LogP contribution in [0.4, 0.5) is 26.3 Å². The highest BCUT2D eigenvalue weighted by Crippen LogP contribution is 2.27. The molecule has 95 heavy (non-hydrogen) atoms. The first-order chi connectivity index (χ1) is 45.7. The molecule has 0 heterocycles. The minimum atomic E-state index is -2.84. The van der Waals surface area contributed by atoms with Crippen LogP contribution in [0.2, 0.25) is 0 Å². The molecule has 0 unspecified atom stereocenters. The Morgan fingerprint density at radius 3 is 0.905 bits per heavy atom. The van der Waals surface area contributed by atoms with Crippen molar-refractivity contribution in [1.29, 1.82) is 0 Å². The average molecular weight is 1300 g/mol. The number of methoxy groups -OCH3 is 2. The summed E-state index contributed by atoms with van der Waals surface area (Å²) in [6, 6.07) is 63.0. The Bertz CT molecular complexity index is 4060. The summed E-state index contributed by atoms with van der Waals surface area (Å²) in [6.07, 6.45) is 18.5. The zero-order valence-corrected chi connectivity index (χ0v) is 51.5. The SMILES string of the molecule is COc1cc(O)cc(/C=C/c2ccc(OC(F)F)cc2)c1.COc1ccc(/C=C/c2cc(O)cc(O)c2)cc1.Cc1ccc(/C=C/c2cccc(CO)c2)cc1.Oc1cc(O)cc(/C=C/c2ccc(OC(F)F)cc2)c1.Oc1cccc(/C=C/c2ccc(OC(F)F)cc2)c1. The molecule has 0 radical (unpaired) electrons. The Hall–Kier alpha value is -11.8. The molecule has 0 amide bonds. The highest BCUT2D eigenvalue weighted by Gasteiger charge is 2.07. The molecular weight excluding hydrogens is 1230 g/mol. The van der Waals surface area contributed by atoms with Crippen LogP contribution in [0.1, 0.15) is 66.8 Å². The molecule has 7 N–H and O–H groups in total. The molecule has 0 aromatic heterocycles. The van der Waals surface area contributed by atoms with Crippen molar-refractivity contribution in [3.63, 3.8) is 0 Å². The van der Waals surface area contributed by atoms with Gasteiger partial charge in [-0.2, -0.15) is 26.3 Å². The fraction of sp³-hybridized carbons (Fsp3) is 0.0909. The molecule has 0 fully saturated rings. The third-order valence-corrected chi connectivity index (χ3v) is 12.9. The Morgan fingerprint density at radius 1 is 0.284 bits per heavy atom. The van der Waals surface area contributed by atoms with Gasteiger partial charge in [0.25, 0.3) is 0 Å². The highest BCUT2D eigenvalue weighted by atomic mass is 19.3. The molecular formula is C77H68F6O12. The summed E-state index contributed by atoms with van der Waals surface area (Å²) < 4.78 is 94.9. The van der Waals surface area contributed by atoms with Crippen molar-refractivity contribution >= 4 is 60.8 Å². The Labute approximate surface area is 546 Å². The van der Waals surface area contributed by atoms with E-state index in [-0.39, 0.29) is 58.4 Å². The lowest BCUT2D eigenvalue weighted by Gasteiger charge is -2.04. The van der Waals surface area contributed by atoms with E-state index in [9.17, 15) is 57.0 Å². The van der Waals surface area contributed by atoms with Crippen LogP contribution >= 0.6 is 0 Å². The largest absolute Gasteiger partial charge is 0.508 e. The molecule has 18 heteroatoms. The van der Waals surface area contributed by atoms with Crippen molar-refractivity contribution < 1.29 is 85.8 Å². The van der Waals surface area contributed by atoms with Gasteiger partial charge in [-0.15, -0.1) is 0 Å². The summed E-state index contributed by atoms with van der Waals surface area (Å²) in [4.78, 5) is 0. The summed E-state index contributed by atoms with van der Waals surface area (Å²) in [5.74, 6) is 2.01. The van der Waals surface area contributed by atoms with Crippen LogP contribution in [-0.2, 0) is 6.61 Å². The first-order valence-electron chi connectivity index (χ1n) is 28.9. The molecule has 0 aliphatic carbocycles. The normalized spacial score (nSPS) is 11.0. The van der Waals surface area contributed by atoms with Crippen molar-refractivity contribution in [3.05, 3.63) is 291 Å². The van der Waals surface area contributed by atoms with Crippen LogP contribution in [0.3, 0.4) is 0 Å². The Kier molecular flexibility index (Phi) is 29.1. The van der Waals surface area contributed by atoms with Crippen LogP contribution < -0.4 is 23.7 Å². The topological polar surface area (TPSA) is 188 Å². The molecule has 0 saturated heterocycles. The number of aryl methyl sites for hydroxylation is 1. The minimum Gasteiger partial charge on any atom is -0.508 e. The van der Waals surface area contributed by atoms with Gasteiger partial charge in [-0.3, -0.25) is 0 Å². The number of hydrogen-bond donors (Lipinski definition) is 7. The average Bonchev–Trinajstić information content (AvgIpc) is 2.21. The summed E-state index contributed by atoms with van der Waals surface area (Å²) in [5, 5.41) is 65.3. The van der Waals surface area contributed by atoms with E-state index in [0.29, 0.717) is 11.3 Å². The van der Waals surface area contributed by atoms with Crippen molar-refractivity contribution in [1.82, 2.24) is 0 Å². The van der Waals surface area contributed by atoms with Crippen molar-refractivity contribution in [2.45, 2.75) is 33.4 Å². The summed E-state index contributed by atoms with van der Waals surface area (Å²) >= 11 is 0. The number of rotatable bonds is 19. The van der Waals surface area contributed by atoms with Crippen molar-refractivity contribution in [2.24, 2.45) is 0 Å². The van der Waals surface area contributed by atoms with E-state index in [4.69, 9.17) is 14.6 Å². The first kappa shape index (κ1) is 72.3. The second kappa shape index (κ2) is 38.2. The number of aromatic hydroxyl groups is 6. The third kappa shape index (κ3) is 28.1. The molecule has 10 aromatic carbocycles. The zero-order valence-electron chi connectivity index (χ0n) is 51.5. The van der Waals surface area contributed by atoms with Crippen LogP contribution in [0.5, 0.6) is 63.2 Å². The molecule has 0 bridgehead atoms. The summed E-state index contributed by atoms with van der Waals surface area (Å²) in [7, 11) is 3.14. The Balaban J connectivity index is 0.000000188. The predicted molar refractivity (Wildman–Crippen MR) is 363 cm³/mol. The van der Waals surface area contributed by atoms with Gasteiger partial charge in [-0.25, -0.2) is 0 Å². The van der Waals surface area contributed by atoms with Gasteiger partial charge in [-0.1, -0.05) is 169 Å². The number of phenolic OH excluding ortho intramolecular Hbond substituents is 6. The number of ether oxygens (including phenoxy) is 5. The first-order valence-corrected chi connectivity index (χ1v) is 28.9. The molecule has 0 aliphatic heterocycles.